The Bertz CT molecular complexity index is 480. The van der Waals surface area contributed by atoms with Crippen LogP contribution in [0.2, 0.25) is 0 Å². The highest BCUT2D eigenvalue weighted by Crippen LogP contribution is 2.27. The van der Waals surface area contributed by atoms with Crippen LogP contribution < -0.4 is 0 Å². The summed E-state index contributed by atoms with van der Waals surface area (Å²) in [5, 5.41) is 14.0. The molecule has 0 aromatic carbocycles. The Hall–Kier alpha value is -0.950. The molecule has 0 atom stereocenters. The normalized spacial score (nSPS) is 22.5. The first kappa shape index (κ1) is 12.5. The van der Waals surface area contributed by atoms with Gasteiger partial charge in [0.1, 0.15) is 0 Å². The average molecular weight is 260 g/mol. The molecule has 1 aliphatic heterocycles. The van der Waals surface area contributed by atoms with E-state index in [1.165, 1.54) is 0 Å². The average Bonchev–Trinajstić information content (AvgIpc) is 2.71. The molecular weight excluding hydrogens is 244 g/mol. The molecule has 2 rings (SSSR count). The Labute approximate surface area is 99.9 Å². The van der Waals surface area contributed by atoms with Crippen LogP contribution >= 0.6 is 0 Å². The lowest BCUT2D eigenvalue weighted by Crippen LogP contribution is -2.41. The van der Waals surface area contributed by atoms with E-state index in [1.807, 2.05) is 6.92 Å². The second kappa shape index (κ2) is 4.38. The maximum Gasteiger partial charge on any atom is 0.229 e. The van der Waals surface area contributed by atoms with Crippen molar-refractivity contribution in [3.05, 3.63) is 11.7 Å². The molecule has 1 fully saturated rings. The Kier molecular flexibility index (Phi) is 3.22. The molecule has 0 saturated carbocycles. The molecule has 0 bridgehead atoms. The summed E-state index contributed by atoms with van der Waals surface area (Å²) in [6, 6.07) is 0. The van der Waals surface area contributed by atoms with Crippen LogP contribution in [-0.2, 0) is 22.7 Å². The van der Waals surface area contributed by atoms with Crippen molar-refractivity contribution >= 4 is 9.84 Å². The molecule has 1 aliphatic rings. The lowest BCUT2D eigenvalue weighted by Gasteiger charge is -2.30. The minimum absolute atomic E-state index is 0.0261. The van der Waals surface area contributed by atoms with Crippen molar-refractivity contribution in [2.75, 3.05) is 11.5 Å². The number of nitrogens with zero attached hydrogens (tertiary/aromatic N) is 2. The third-order valence-electron chi connectivity index (χ3n) is 3.06. The van der Waals surface area contributed by atoms with Gasteiger partial charge in [0.15, 0.2) is 15.7 Å². The Morgan fingerprint density at radius 2 is 2.06 bits per heavy atom. The molecular formula is C10H16N2O4S. The molecule has 1 saturated heterocycles. The first-order valence-corrected chi connectivity index (χ1v) is 7.49. The number of sulfone groups is 1. The van der Waals surface area contributed by atoms with Gasteiger partial charge in [-0.05, 0) is 12.8 Å². The van der Waals surface area contributed by atoms with Gasteiger partial charge in [0, 0.05) is 6.42 Å². The standard InChI is InChI=1S/C10H16N2O4S/c1-2-8-11-9(16-12-8)7-10(13)3-5-17(14,15)6-4-10/h13H,2-7H2,1H3. The molecule has 96 valence electrons. The second-order valence-corrected chi connectivity index (χ2v) is 6.81. The monoisotopic (exact) mass is 260 g/mol. The summed E-state index contributed by atoms with van der Waals surface area (Å²) < 4.78 is 27.6. The summed E-state index contributed by atoms with van der Waals surface area (Å²) in [5.41, 5.74) is -1.02. The maximum atomic E-state index is 11.3. The summed E-state index contributed by atoms with van der Waals surface area (Å²) in [5.74, 6) is 1.03. The van der Waals surface area contributed by atoms with Crippen molar-refractivity contribution in [2.24, 2.45) is 0 Å². The lowest BCUT2D eigenvalue weighted by atomic mass is 9.93. The highest BCUT2D eigenvalue weighted by atomic mass is 32.2. The number of aromatic nitrogens is 2. The molecule has 1 N–H and O–H groups in total. The van der Waals surface area contributed by atoms with Gasteiger partial charge in [0.05, 0.1) is 23.5 Å². The molecule has 1 aromatic heterocycles. The van der Waals surface area contributed by atoms with Crippen molar-refractivity contribution in [1.29, 1.82) is 0 Å². The molecule has 0 aliphatic carbocycles. The molecule has 7 heteroatoms. The molecule has 6 nitrogen and oxygen atoms in total. The topological polar surface area (TPSA) is 93.3 Å². The van der Waals surface area contributed by atoms with E-state index in [-0.39, 0.29) is 30.8 Å². The number of aryl methyl sites for hydroxylation is 1. The van der Waals surface area contributed by atoms with Gasteiger partial charge >= 0.3 is 0 Å². The minimum atomic E-state index is -2.97. The lowest BCUT2D eigenvalue weighted by molar-refractivity contribution is 0.0233. The van der Waals surface area contributed by atoms with Gasteiger partial charge in [-0.3, -0.25) is 0 Å². The SMILES string of the molecule is CCc1noc(CC2(O)CCS(=O)(=O)CC2)n1. The first-order valence-electron chi connectivity index (χ1n) is 5.67. The molecule has 0 unspecified atom stereocenters. The van der Waals surface area contributed by atoms with E-state index in [4.69, 9.17) is 4.52 Å². The van der Waals surface area contributed by atoms with Crippen LogP contribution in [0.5, 0.6) is 0 Å². The third kappa shape index (κ3) is 3.04. The Morgan fingerprint density at radius 3 is 2.59 bits per heavy atom. The van der Waals surface area contributed by atoms with Crippen molar-refractivity contribution in [1.82, 2.24) is 10.1 Å². The van der Waals surface area contributed by atoms with Crippen molar-refractivity contribution in [3.63, 3.8) is 0 Å². The summed E-state index contributed by atoms with van der Waals surface area (Å²) in [4.78, 5) is 4.12. The zero-order valence-corrected chi connectivity index (χ0v) is 10.5. The number of aliphatic hydroxyl groups is 1. The molecule has 17 heavy (non-hydrogen) atoms. The van der Waals surface area contributed by atoms with Gasteiger partial charge in [-0.1, -0.05) is 12.1 Å². The fourth-order valence-corrected chi connectivity index (χ4v) is 3.47. The van der Waals surface area contributed by atoms with Crippen LogP contribution in [0.1, 0.15) is 31.5 Å². The first-order chi connectivity index (χ1) is 7.92. The Morgan fingerprint density at radius 1 is 1.41 bits per heavy atom. The van der Waals surface area contributed by atoms with E-state index >= 15 is 0 Å². The number of hydrogen-bond acceptors (Lipinski definition) is 6. The third-order valence-corrected chi connectivity index (χ3v) is 4.72. The number of hydrogen-bond donors (Lipinski definition) is 1. The van der Waals surface area contributed by atoms with Gasteiger partial charge in [-0.2, -0.15) is 4.98 Å². The summed E-state index contributed by atoms with van der Waals surface area (Å²) in [7, 11) is -2.97. The summed E-state index contributed by atoms with van der Waals surface area (Å²) >= 11 is 0. The molecule has 0 spiro atoms. The predicted molar refractivity (Wildman–Crippen MR) is 60.2 cm³/mol. The van der Waals surface area contributed by atoms with Crippen molar-refractivity contribution in [2.45, 2.75) is 38.2 Å². The van der Waals surface area contributed by atoms with Gasteiger partial charge < -0.3 is 9.63 Å². The van der Waals surface area contributed by atoms with Gasteiger partial charge in [-0.25, -0.2) is 8.42 Å². The van der Waals surface area contributed by atoms with Crippen molar-refractivity contribution in [3.8, 4) is 0 Å². The zero-order valence-electron chi connectivity index (χ0n) is 9.72. The predicted octanol–water partition coefficient (Wildman–Crippen LogP) is 0.114. The van der Waals surface area contributed by atoms with Gasteiger partial charge in [0.2, 0.25) is 5.89 Å². The highest BCUT2D eigenvalue weighted by molar-refractivity contribution is 7.91. The van der Waals surface area contributed by atoms with E-state index in [1.54, 1.807) is 0 Å². The molecule has 0 amide bonds. The fraction of sp³-hybridized carbons (Fsp3) is 0.800. The van der Waals surface area contributed by atoms with Crippen molar-refractivity contribution < 1.29 is 18.0 Å². The van der Waals surface area contributed by atoms with E-state index in [0.29, 0.717) is 18.1 Å². The summed E-state index contributed by atoms with van der Waals surface area (Å²) in [6.45, 7) is 1.91. The maximum absolute atomic E-state index is 11.3. The van der Waals surface area contributed by atoms with Crippen LogP contribution in [0.4, 0.5) is 0 Å². The molecule has 1 aromatic rings. The second-order valence-electron chi connectivity index (χ2n) is 4.51. The summed E-state index contributed by atoms with van der Waals surface area (Å²) in [6.07, 6.45) is 1.38. The highest BCUT2D eigenvalue weighted by Gasteiger charge is 2.36. The van der Waals surface area contributed by atoms with Crippen LogP contribution in [0.15, 0.2) is 4.52 Å². The number of rotatable bonds is 3. The van der Waals surface area contributed by atoms with Crippen LogP contribution in [0.3, 0.4) is 0 Å². The molecule has 0 radical (unpaired) electrons. The Balaban J connectivity index is 2.03. The minimum Gasteiger partial charge on any atom is -0.389 e. The molecule has 2 heterocycles. The quantitative estimate of drug-likeness (QED) is 0.829. The van der Waals surface area contributed by atoms with Crippen LogP contribution in [-0.4, -0.2) is 40.8 Å². The van der Waals surface area contributed by atoms with E-state index in [2.05, 4.69) is 10.1 Å². The smallest absolute Gasteiger partial charge is 0.229 e. The largest absolute Gasteiger partial charge is 0.389 e. The zero-order chi connectivity index (χ0) is 12.5. The van der Waals surface area contributed by atoms with Gasteiger partial charge in [0.25, 0.3) is 0 Å². The fourth-order valence-electron chi connectivity index (χ4n) is 1.88. The van der Waals surface area contributed by atoms with Crippen LogP contribution in [0.25, 0.3) is 0 Å². The van der Waals surface area contributed by atoms with E-state index in [0.717, 1.165) is 0 Å². The van der Waals surface area contributed by atoms with E-state index < -0.39 is 15.4 Å². The van der Waals surface area contributed by atoms with E-state index in [9.17, 15) is 13.5 Å². The van der Waals surface area contributed by atoms with Crippen LogP contribution in [0, 0.1) is 0 Å². The van der Waals surface area contributed by atoms with Gasteiger partial charge in [-0.15, -0.1) is 0 Å².